The van der Waals surface area contributed by atoms with Crippen molar-refractivity contribution in [2.45, 2.75) is 90.8 Å². The zero-order valence-corrected chi connectivity index (χ0v) is 51.1. The fourth-order valence-corrected chi connectivity index (χ4v) is 12.2. The van der Waals surface area contributed by atoms with E-state index < -0.39 is 17.9 Å². The van der Waals surface area contributed by atoms with Gasteiger partial charge in [-0.15, -0.1) is 0 Å². The molecule has 0 saturated heterocycles. The van der Waals surface area contributed by atoms with Crippen LogP contribution >= 0.6 is 0 Å². The van der Waals surface area contributed by atoms with E-state index in [2.05, 4.69) is 93.6 Å². The van der Waals surface area contributed by atoms with Gasteiger partial charge in [0.25, 0.3) is 0 Å². The van der Waals surface area contributed by atoms with Crippen molar-refractivity contribution in [2.75, 3.05) is 39.9 Å². The standard InChI is InChI=1S/C26H27NO3.C25H25NO4.C25H25NO3/c1-30-24-7-2-4-20(16-24)14-15-27-17-23-6-3-5-21(25(23)18-27)11-8-19-9-12-22(13-10-19)26(28)29;1-29-22-12-21(13-23(14-22)30-2)26-15-20-5-3-4-18(24(20)16-26)9-6-17-7-10-19(11-8-17)25(27)28;1-29-23-7-2-4-19(14-23)15-26-16-22-6-3-5-20(24(22)17-26)11-8-18-9-12-21(13-10-18)25(27)28/h2-7,9-10,12-13,16H,8,11,14-15,17-18H2,1H3,(H,28,29);3-5,7-8,10-14H,6,9,15-16H2,1-2H3,(H,27,28);2-7,9-10,12-14H,8,11,15-17H2,1H3,(H,27,28). The molecule has 12 rings (SSSR count). The minimum Gasteiger partial charge on any atom is -0.497 e. The molecule has 0 saturated carbocycles. The molecule has 13 heteroatoms. The third-order valence-electron chi connectivity index (χ3n) is 17.1. The fraction of sp³-hybridized carbons (Fsp3) is 0.250. The van der Waals surface area contributed by atoms with Gasteiger partial charge in [0.2, 0.25) is 0 Å². The van der Waals surface area contributed by atoms with E-state index >= 15 is 0 Å². The molecule has 13 nitrogen and oxygen atoms in total. The summed E-state index contributed by atoms with van der Waals surface area (Å²) in [4.78, 5) is 40.4. The van der Waals surface area contributed by atoms with E-state index in [1.54, 1.807) is 64.8 Å². The molecule has 89 heavy (non-hydrogen) atoms. The normalized spacial score (nSPS) is 13.0. The van der Waals surface area contributed by atoms with Gasteiger partial charge in [0, 0.05) is 76.2 Å². The quantitative estimate of drug-likeness (QED) is 0.0589. The summed E-state index contributed by atoms with van der Waals surface area (Å²) in [7, 11) is 6.74. The molecule has 0 aliphatic carbocycles. The van der Waals surface area contributed by atoms with E-state index in [1.165, 1.54) is 72.3 Å². The van der Waals surface area contributed by atoms with Gasteiger partial charge in [-0.25, -0.2) is 14.4 Å². The number of carbonyl (C=O) groups is 3. The highest BCUT2D eigenvalue weighted by molar-refractivity contribution is 5.88. The number of carboxylic acid groups (broad SMARTS) is 3. The number of fused-ring (bicyclic) bond motifs is 3. The summed E-state index contributed by atoms with van der Waals surface area (Å²) >= 11 is 0. The molecule has 456 valence electrons. The molecule has 0 spiro atoms. The Balaban J connectivity index is 0.000000147. The first kappa shape index (κ1) is 62.4. The molecule has 9 aromatic carbocycles. The van der Waals surface area contributed by atoms with Crippen LogP contribution in [0.15, 0.2) is 194 Å². The van der Waals surface area contributed by atoms with E-state index in [1.807, 2.05) is 78.9 Å². The monoisotopic (exact) mass is 1190 g/mol. The second kappa shape index (κ2) is 29.8. The highest BCUT2D eigenvalue weighted by Gasteiger charge is 2.25. The number of aryl methyl sites for hydroxylation is 6. The molecule has 3 aliphatic heterocycles. The molecule has 0 unspecified atom stereocenters. The topological polar surface area (TPSA) is 159 Å². The summed E-state index contributed by atoms with van der Waals surface area (Å²) in [5.41, 5.74) is 20.7. The molecule has 9 aromatic rings. The van der Waals surface area contributed by atoms with Crippen LogP contribution in [0.25, 0.3) is 0 Å². The summed E-state index contributed by atoms with van der Waals surface area (Å²) < 4.78 is 21.5. The van der Waals surface area contributed by atoms with Crippen molar-refractivity contribution in [3.63, 3.8) is 0 Å². The van der Waals surface area contributed by atoms with Crippen LogP contribution in [0.3, 0.4) is 0 Å². The van der Waals surface area contributed by atoms with Gasteiger partial charge in [-0.1, -0.05) is 115 Å². The molecule has 0 aromatic heterocycles. The van der Waals surface area contributed by atoms with Crippen LogP contribution in [-0.2, 0) is 90.8 Å². The molecule has 0 fully saturated rings. The molecular formula is C76H77N3O10. The van der Waals surface area contributed by atoms with E-state index in [4.69, 9.17) is 34.3 Å². The number of ether oxygens (including phenoxy) is 4. The smallest absolute Gasteiger partial charge is 0.335 e. The molecule has 0 bridgehead atoms. The first-order valence-corrected chi connectivity index (χ1v) is 30.3. The van der Waals surface area contributed by atoms with E-state index in [0.29, 0.717) is 16.7 Å². The number of methoxy groups -OCH3 is 4. The summed E-state index contributed by atoms with van der Waals surface area (Å²) in [6.45, 7) is 7.55. The highest BCUT2D eigenvalue weighted by Crippen LogP contribution is 2.36. The number of carboxylic acids is 3. The van der Waals surface area contributed by atoms with Gasteiger partial charge in [-0.2, -0.15) is 0 Å². The number of benzene rings is 9. The molecule has 3 N–H and O–H groups in total. The van der Waals surface area contributed by atoms with Crippen molar-refractivity contribution in [3.05, 3.63) is 289 Å². The molecule has 3 heterocycles. The summed E-state index contributed by atoms with van der Waals surface area (Å²) in [6.07, 6.45) is 6.57. The van der Waals surface area contributed by atoms with Crippen LogP contribution in [0.1, 0.15) is 109 Å². The Morgan fingerprint density at radius 3 is 1.17 bits per heavy atom. The average Bonchev–Trinajstić information content (AvgIpc) is 1.82. The van der Waals surface area contributed by atoms with Gasteiger partial charge in [-0.05, 0) is 183 Å². The predicted molar refractivity (Wildman–Crippen MR) is 348 cm³/mol. The summed E-state index contributed by atoms with van der Waals surface area (Å²) in [5.74, 6) is 0.724. The lowest BCUT2D eigenvalue weighted by Crippen LogP contribution is -2.19. The van der Waals surface area contributed by atoms with Crippen molar-refractivity contribution >= 4 is 23.6 Å². The Morgan fingerprint density at radius 2 is 0.730 bits per heavy atom. The van der Waals surface area contributed by atoms with E-state index in [-0.39, 0.29) is 0 Å². The average molecular weight is 1190 g/mol. The van der Waals surface area contributed by atoms with Gasteiger partial charge in [-0.3, -0.25) is 9.80 Å². The minimum atomic E-state index is -0.892. The van der Waals surface area contributed by atoms with Crippen LogP contribution in [0.5, 0.6) is 23.0 Å². The second-order valence-corrected chi connectivity index (χ2v) is 22.9. The van der Waals surface area contributed by atoms with Crippen molar-refractivity contribution in [1.29, 1.82) is 0 Å². The number of nitrogens with zero attached hydrogens (tertiary/aromatic N) is 3. The minimum absolute atomic E-state index is 0.323. The van der Waals surface area contributed by atoms with Gasteiger partial charge in [0.1, 0.15) is 23.0 Å². The zero-order valence-electron chi connectivity index (χ0n) is 51.1. The summed E-state index contributed by atoms with van der Waals surface area (Å²) in [5, 5.41) is 27.1. The maximum absolute atomic E-state index is 11.0. The van der Waals surface area contributed by atoms with E-state index in [0.717, 1.165) is 132 Å². The lowest BCUT2D eigenvalue weighted by atomic mass is 9.97. The second-order valence-electron chi connectivity index (χ2n) is 22.9. The number of aromatic carboxylic acids is 3. The van der Waals surface area contributed by atoms with Gasteiger partial charge < -0.3 is 39.2 Å². The van der Waals surface area contributed by atoms with Crippen LogP contribution in [0.4, 0.5) is 5.69 Å². The maximum atomic E-state index is 11.0. The SMILES string of the molecule is COc1cc(OC)cc(N2Cc3cccc(CCc4ccc(C(=O)O)cc4)c3C2)c1.COc1cccc(CCN2Cc3cccc(CCc4ccc(C(=O)O)cc4)c3C2)c1.COc1cccc(CN2Cc3cccc(CCc4ccc(C(=O)O)cc4)c3C2)c1. The zero-order chi connectivity index (χ0) is 62.2. The Morgan fingerprint density at radius 1 is 0.348 bits per heavy atom. The molecule has 0 amide bonds. The van der Waals surface area contributed by atoms with Crippen LogP contribution in [0, 0.1) is 0 Å². The first-order chi connectivity index (χ1) is 43.3. The Labute approximate surface area is 522 Å². The lowest BCUT2D eigenvalue weighted by molar-refractivity contribution is 0.0686. The first-order valence-electron chi connectivity index (χ1n) is 30.3. The van der Waals surface area contributed by atoms with Crippen molar-refractivity contribution in [3.8, 4) is 23.0 Å². The van der Waals surface area contributed by atoms with Crippen LogP contribution < -0.4 is 23.8 Å². The Kier molecular flexibility index (Phi) is 20.9. The predicted octanol–water partition coefficient (Wildman–Crippen LogP) is 14.1. The van der Waals surface area contributed by atoms with Crippen molar-refractivity contribution in [1.82, 2.24) is 9.80 Å². The molecular weight excluding hydrogens is 1110 g/mol. The molecule has 0 atom stereocenters. The Bertz CT molecular complexity index is 3880. The third kappa shape index (κ3) is 16.5. The van der Waals surface area contributed by atoms with Gasteiger partial charge in [0.05, 0.1) is 45.1 Å². The van der Waals surface area contributed by atoms with Gasteiger partial charge >= 0.3 is 17.9 Å². The Hall–Kier alpha value is -9.69. The number of anilines is 1. The number of rotatable bonds is 22. The largest absolute Gasteiger partial charge is 0.497 e. The third-order valence-corrected chi connectivity index (χ3v) is 17.1. The van der Waals surface area contributed by atoms with Crippen molar-refractivity contribution < 1.29 is 48.7 Å². The fourth-order valence-electron chi connectivity index (χ4n) is 12.2. The molecule has 3 aliphatic rings. The van der Waals surface area contributed by atoms with Gasteiger partial charge in [0.15, 0.2) is 0 Å². The van der Waals surface area contributed by atoms with Crippen molar-refractivity contribution in [2.24, 2.45) is 0 Å². The maximum Gasteiger partial charge on any atom is 0.335 e. The summed E-state index contributed by atoms with van der Waals surface area (Å²) in [6, 6.07) is 63.9. The molecule has 0 radical (unpaired) electrons. The number of hydrogen-bond acceptors (Lipinski definition) is 10. The highest BCUT2D eigenvalue weighted by atomic mass is 16.5. The lowest BCUT2D eigenvalue weighted by Gasteiger charge is -2.19. The number of hydrogen-bond donors (Lipinski definition) is 3. The van der Waals surface area contributed by atoms with E-state index in [9.17, 15) is 14.4 Å². The van der Waals surface area contributed by atoms with Crippen LogP contribution in [-0.4, -0.2) is 78.0 Å². The van der Waals surface area contributed by atoms with Crippen LogP contribution in [0.2, 0.25) is 0 Å².